The first-order valence-corrected chi connectivity index (χ1v) is 9.61. The maximum atomic E-state index is 12.3. The van der Waals surface area contributed by atoms with E-state index in [0.29, 0.717) is 5.75 Å². The summed E-state index contributed by atoms with van der Waals surface area (Å²) in [6.45, 7) is 7.95. The van der Waals surface area contributed by atoms with Crippen LogP contribution in [-0.4, -0.2) is 31.7 Å². The number of nitrogens with one attached hydrogen (secondary N) is 1. The van der Waals surface area contributed by atoms with Gasteiger partial charge in [0.1, 0.15) is 5.82 Å². The predicted octanol–water partition coefficient (Wildman–Crippen LogP) is 2.81. The van der Waals surface area contributed by atoms with Gasteiger partial charge in [0.2, 0.25) is 5.91 Å². The van der Waals surface area contributed by atoms with E-state index in [-0.39, 0.29) is 23.9 Å². The normalized spacial score (nSPS) is 15.6. The van der Waals surface area contributed by atoms with Gasteiger partial charge in [-0.2, -0.15) is 0 Å². The van der Waals surface area contributed by atoms with Gasteiger partial charge in [-0.25, -0.2) is 4.98 Å². The number of benzene rings is 1. The Morgan fingerprint density at radius 3 is 2.52 bits per heavy atom. The molecule has 0 fully saturated rings. The second-order valence-electron chi connectivity index (χ2n) is 6.29. The van der Waals surface area contributed by atoms with E-state index in [9.17, 15) is 9.00 Å². The molecule has 5 nitrogen and oxygen atoms in total. The van der Waals surface area contributed by atoms with Gasteiger partial charge in [0, 0.05) is 34.8 Å². The van der Waals surface area contributed by atoms with Crippen LogP contribution >= 0.6 is 0 Å². The topological polar surface area (TPSA) is 64.0 Å². The van der Waals surface area contributed by atoms with E-state index in [1.807, 2.05) is 31.2 Å². The molecule has 0 saturated heterocycles. The Kier molecular flexibility index (Phi) is 5.57. The molecule has 1 amide bonds. The molecule has 0 aliphatic rings. The number of carbonyl (C=O) groups excluding carboxylic acids is 1. The van der Waals surface area contributed by atoms with Crippen molar-refractivity contribution in [2.45, 2.75) is 39.8 Å². The number of fused-ring (bicyclic) bond motifs is 1. The van der Waals surface area contributed by atoms with Gasteiger partial charge in [0.05, 0.1) is 17.1 Å². The summed E-state index contributed by atoms with van der Waals surface area (Å²) in [4.78, 5) is 17.0. The standard InChI is InChI=1S/C17H25N3O2S/c1-11(2)20-15-9-7-6-8-14(15)19-16(20)13(4)18-17(21)12(3)10-23(5)22/h6-9,11-13H,10H2,1-5H3,(H,18,21)/t12-,13-,23+/m1/s1. The van der Waals surface area contributed by atoms with Gasteiger partial charge in [-0.1, -0.05) is 19.1 Å². The van der Waals surface area contributed by atoms with Gasteiger partial charge in [-0.15, -0.1) is 0 Å². The van der Waals surface area contributed by atoms with Crippen LogP contribution in [0.2, 0.25) is 0 Å². The van der Waals surface area contributed by atoms with Crippen molar-refractivity contribution in [2.24, 2.45) is 5.92 Å². The Bertz CT molecular complexity index is 724. The van der Waals surface area contributed by atoms with Crippen LogP contribution in [0.3, 0.4) is 0 Å². The molecular formula is C17H25N3O2S. The molecule has 1 N–H and O–H groups in total. The number of carbonyl (C=O) groups is 1. The average molecular weight is 335 g/mol. The fraction of sp³-hybridized carbons (Fsp3) is 0.529. The maximum Gasteiger partial charge on any atom is 0.224 e. The molecule has 2 aromatic rings. The fourth-order valence-corrected chi connectivity index (χ4v) is 3.61. The van der Waals surface area contributed by atoms with Crippen LogP contribution in [0.25, 0.3) is 11.0 Å². The summed E-state index contributed by atoms with van der Waals surface area (Å²) in [6, 6.07) is 8.03. The Hall–Kier alpha value is -1.69. The largest absolute Gasteiger partial charge is 0.346 e. The molecule has 2 rings (SSSR count). The van der Waals surface area contributed by atoms with Gasteiger partial charge in [0.25, 0.3) is 0 Å². The summed E-state index contributed by atoms with van der Waals surface area (Å²) in [5.41, 5.74) is 2.00. The summed E-state index contributed by atoms with van der Waals surface area (Å²) >= 11 is 0. The van der Waals surface area contributed by atoms with Crippen LogP contribution in [-0.2, 0) is 15.6 Å². The zero-order chi connectivity index (χ0) is 17.1. The van der Waals surface area contributed by atoms with E-state index in [0.717, 1.165) is 16.9 Å². The zero-order valence-electron chi connectivity index (χ0n) is 14.4. The van der Waals surface area contributed by atoms with E-state index in [2.05, 4.69) is 23.7 Å². The second-order valence-corrected chi connectivity index (χ2v) is 7.77. The molecule has 126 valence electrons. The quantitative estimate of drug-likeness (QED) is 0.883. The molecule has 0 saturated carbocycles. The Balaban J connectivity index is 2.27. The Morgan fingerprint density at radius 2 is 1.91 bits per heavy atom. The van der Waals surface area contributed by atoms with Crippen molar-refractivity contribution in [1.82, 2.24) is 14.9 Å². The molecule has 1 aromatic carbocycles. The van der Waals surface area contributed by atoms with Crippen LogP contribution in [0.1, 0.15) is 45.6 Å². The minimum atomic E-state index is -0.981. The highest BCUT2D eigenvalue weighted by Crippen LogP contribution is 2.25. The first kappa shape index (κ1) is 17.7. The van der Waals surface area contributed by atoms with Crippen LogP contribution in [0.4, 0.5) is 0 Å². The smallest absolute Gasteiger partial charge is 0.224 e. The highest BCUT2D eigenvalue weighted by atomic mass is 32.2. The van der Waals surface area contributed by atoms with Crippen molar-refractivity contribution >= 4 is 27.7 Å². The highest BCUT2D eigenvalue weighted by Gasteiger charge is 2.22. The van der Waals surface area contributed by atoms with Gasteiger partial charge in [0.15, 0.2) is 0 Å². The third kappa shape index (κ3) is 3.99. The van der Waals surface area contributed by atoms with Crippen molar-refractivity contribution in [1.29, 1.82) is 0 Å². The monoisotopic (exact) mass is 335 g/mol. The number of hydrogen-bond donors (Lipinski definition) is 1. The summed E-state index contributed by atoms with van der Waals surface area (Å²) in [5, 5.41) is 3.00. The molecular weight excluding hydrogens is 310 g/mol. The summed E-state index contributed by atoms with van der Waals surface area (Å²) in [5.74, 6) is 0.855. The van der Waals surface area contributed by atoms with E-state index in [1.54, 1.807) is 13.2 Å². The Morgan fingerprint density at radius 1 is 1.26 bits per heavy atom. The van der Waals surface area contributed by atoms with Crippen molar-refractivity contribution < 1.29 is 9.00 Å². The van der Waals surface area contributed by atoms with Crippen LogP contribution in [0, 0.1) is 5.92 Å². The number of imidazole rings is 1. The van der Waals surface area contributed by atoms with Crippen LogP contribution < -0.4 is 5.32 Å². The van der Waals surface area contributed by atoms with Crippen molar-refractivity contribution in [3.05, 3.63) is 30.1 Å². The third-order valence-electron chi connectivity index (χ3n) is 3.82. The number of nitrogens with zero attached hydrogens (tertiary/aromatic N) is 2. The minimum absolute atomic E-state index is 0.0879. The fourth-order valence-electron chi connectivity index (χ4n) is 2.76. The molecule has 0 bridgehead atoms. The lowest BCUT2D eigenvalue weighted by atomic mass is 10.2. The summed E-state index contributed by atoms with van der Waals surface area (Å²) < 4.78 is 13.4. The van der Waals surface area contributed by atoms with E-state index in [4.69, 9.17) is 4.98 Å². The number of aromatic nitrogens is 2. The first-order valence-electron chi connectivity index (χ1n) is 7.88. The first-order chi connectivity index (χ1) is 10.8. The molecule has 1 heterocycles. The molecule has 6 heteroatoms. The van der Waals surface area contributed by atoms with Gasteiger partial charge in [-0.3, -0.25) is 9.00 Å². The number of para-hydroxylation sites is 2. The second kappa shape index (κ2) is 7.25. The molecule has 0 radical (unpaired) electrons. The Labute approximate surface area is 139 Å². The summed E-state index contributed by atoms with van der Waals surface area (Å²) in [7, 11) is -0.981. The molecule has 0 spiro atoms. The number of rotatable bonds is 6. The molecule has 0 unspecified atom stereocenters. The van der Waals surface area contributed by atoms with E-state index < -0.39 is 10.8 Å². The molecule has 0 aliphatic heterocycles. The molecule has 0 aliphatic carbocycles. The SMILES string of the molecule is CC(C)n1c([C@@H](C)NC(=O)[C@H](C)C[S@](C)=O)nc2ccccc21. The van der Waals surface area contributed by atoms with Gasteiger partial charge < -0.3 is 9.88 Å². The van der Waals surface area contributed by atoms with Gasteiger partial charge >= 0.3 is 0 Å². The lowest BCUT2D eigenvalue weighted by Gasteiger charge is -2.20. The van der Waals surface area contributed by atoms with Crippen molar-refractivity contribution in [2.75, 3.05) is 12.0 Å². The average Bonchev–Trinajstić information content (AvgIpc) is 2.85. The van der Waals surface area contributed by atoms with E-state index >= 15 is 0 Å². The molecule has 3 atom stereocenters. The van der Waals surface area contributed by atoms with Gasteiger partial charge in [-0.05, 0) is 32.9 Å². The van der Waals surface area contributed by atoms with Crippen LogP contribution in [0.5, 0.6) is 0 Å². The van der Waals surface area contributed by atoms with Crippen LogP contribution in [0.15, 0.2) is 24.3 Å². The third-order valence-corrected chi connectivity index (χ3v) is 4.79. The highest BCUT2D eigenvalue weighted by molar-refractivity contribution is 7.84. The maximum absolute atomic E-state index is 12.3. The van der Waals surface area contributed by atoms with E-state index in [1.165, 1.54) is 0 Å². The summed E-state index contributed by atoms with van der Waals surface area (Å²) in [6.07, 6.45) is 1.62. The molecule has 23 heavy (non-hydrogen) atoms. The molecule has 1 aromatic heterocycles. The lowest BCUT2D eigenvalue weighted by molar-refractivity contribution is -0.124. The van der Waals surface area contributed by atoms with Crippen molar-refractivity contribution in [3.63, 3.8) is 0 Å². The number of hydrogen-bond acceptors (Lipinski definition) is 3. The minimum Gasteiger partial charge on any atom is -0.346 e. The lowest BCUT2D eigenvalue weighted by Crippen LogP contribution is -2.35. The van der Waals surface area contributed by atoms with Crippen molar-refractivity contribution in [3.8, 4) is 0 Å². The number of amides is 1. The predicted molar refractivity (Wildman–Crippen MR) is 94.8 cm³/mol. The zero-order valence-corrected chi connectivity index (χ0v) is 15.2.